The molecule has 2 aliphatic heterocycles. The molecule has 26 heteroatoms. The van der Waals surface area contributed by atoms with Gasteiger partial charge < -0.3 is 49.0 Å². The number of nitrogens with zero attached hydrogens (tertiary/aromatic N) is 17. The van der Waals surface area contributed by atoms with Crippen LogP contribution in [0.25, 0.3) is 44.1 Å². The van der Waals surface area contributed by atoms with E-state index >= 15 is 4.39 Å². The SMILES string of the molecule is C=CC(=O)N1CCN(c2ncc3ncnc(Nc4ccc(Oc5cc(F)c6c(c5)ncn6C/C=C/C(=O)N5CCN(c6ncc7ncnc(Nc8cc(C)c(Oc9cc(F)c%10c(c9)nnn%10C)cc8OC)c7n6)C[C@H]5C)c(C)c4)c3n2)C[C@H]1CC. The molecule has 0 unspecified atom stereocenters. The van der Waals surface area contributed by atoms with Crippen LogP contribution in [-0.4, -0.2) is 144 Å². The zero-order valence-electron chi connectivity index (χ0n) is 47.2. The van der Waals surface area contributed by atoms with Gasteiger partial charge in [-0.1, -0.05) is 24.8 Å². The summed E-state index contributed by atoms with van der Waals surface area (Å²) in [5.74, 6) is 2.45. The number of carbonyl (C=O) groups excluding carboxylic acids is 2. The molecule has 2 aliphatic rings. The number of hydrogen-bond donors (Lipinski definition) is 2. The first-order valence-electron chi connectivity index (χ1n) is 27.4. The first-order chi connectivity index (χ1) is 41.2. The number of fused-ring (bicyclic) bond motifs is 4. The fraction of sp³-hybridized carbons (Fsp3) is 0.271. The molecule has 432 valence electrons. The molecule has 2 atom stereocenters. The van der Waals surface area contributed by atoms with Crippen LogP contribution in [0.15, 0.2) is 111 Å². The van der Waals surface area contributed by atoms with Gasteiger partial charge in [-0.15, -0.1) is 5.10 Å². The summed E-state index contributed by atoms with van der Waals surface area (Å²) in [4.78, 5) is 75.1. The largest absolute Gasteiger partial charge is 0.494 e. The Morgan fingerprint density at radius 2 is 1.35 bits per heavy atom. The zero-order chi connectivity index (χ0) is 59.0. The van der Waals surface area contributed by atoms with Gasteiger partial charge in [-0.05, 0) is 68.7 Å². The lowest BCUT2D eigenvalue weighted by atomic mass is 10.1. The number of halogens is 2. The van der Waals surface area contributed by atoms with Gasteiger partial charge in [0.15, 0.2) is 23.3 Å². The number of piperazine rings is 2. The molecule has 2 saturated heterocycles. The van der Waals surface area contributed by atoms with Crippen molar-refractivity contribution in [2.75, 3.05) is 66.8 Å². The maximum atomic E-state index is 16.0. The lowest BCUT2D eigenvalue weighted by molar-refractivity contribution is -0.129. The molecule has 0 radical (unpaired) electrons. The quantitative estimate of drug-likeness (QED) is 0.0858. The fourth-order valence-electron chi connectivity index (χ4n) is 10.7. The van der Waals surface area contributed by atoms with E-state index in [0.717, 1.165) is 17.5 Å². The van der Waals surface area contributed by atoms with Crippen molar-refractivity contribution in [3.05, 3.63) is 134 Å². The highest BCUT2D eigenvalue weighted by Crippen LogP contribution is 2.39. The van der Waals surface area contributed by atoms with Crippen LogP contribution in [0.4, 0.5) is 43.7 Å². The van der Waals surface area contributed by atoms with Crippen molar-refractivity contribution in [3.63, 3.8) is 0 Å². The zero-order valence-corrected chi connectivity index (χ0v) is 47.2. The van der Waals surface area contributed by atoms with Crippen LogP contribution in [0, 0.1) is 25.5 Å². The molecule has 0 saturated carbocycles. The van der Waals surface area contributed by atoms with E-state index in [1.54, 1.807) is 59.2 Å². The van der Waals surface area contributed by atoms with E-state index in [-0.39, 0.29) is 53.0 Å². The molecular weight excluding hydrogens is 1090 g/mol. The molecule has 2 fully saturated rings. The van der Waals surface area contributed by atoms with Crippen LogP contribution in [0.5, 0.6) is 28.7 Å². The molecule has 24 nitrogen and oxygen atoms in total. The molecule has 2 N–H and O–H groups in total. The minimum Gasteiger partial charge on any atom is -0.494 e. The van der Waals surface area contributed by atoms with E-state index in [1.165, 1.54) is 55.1 Å². The molecule has 8 heterocycles. The summed E-state index contributed by atoms with van der Waals surface area (Å²) in [5, 5.41) is 14.6. The summed E-state index contributed by atoms with van der Waals surface area (Å²) in [7, 11) is 3.15. The molecule has 0 bridgehead atoms. The number of ether oxygens (including phenoxy) is 3. The maximum absolute atomic E-state index is 16.0. The van der Waals surface area contributed by atoms with Gasteiger partial charge in [0.2, 0.25) is 23.7 Å². The molecular formula is C59H57F2N19O5. The predicted octanol–water partition coefficient (Wildman–Crippen LogP) is 8.67. The summed E-state index contributed by atoms with van der Waals surface area (Å²) in [5.41, 5.74) is 6.16. The van der Waals surface area contributed by atoms with E-state index in [2.05, 4.69) is 67.3 Å². The lowest BCUT2D eigenvalue weighted by Crippen LogP contribution is -2.55. The number of aryl methyl sites for hydroxylation is 3. The number of aromatic nitrogens is 13. The number of anilines is 6. The number of rotatable bonds is 16. The first-order valence-corrected chi connectivity index (χ1v) is 27.4. The van der Waals surface area contributed by atoms with Crippen molar-refractivity contribution >= 4 is 90.9 Å². The summed E-state index contributed by atoms with van der Waals surface area (Å²) in [6.45, 7) is 14.6. The minimum atomic E-state index is -0.534. The number of hydrogen-bond acceptors (Lipinski definition) is 20. The average Bonchev–Trinajstić information content (AvgIpc) is 4.11. The third-order valence-electron chi connectivity index (χ3n) is 15.1. The topological polar surface area (TPSA) is 250 Å². The van der Waals surface area contributed by atoms with Gasteiger partial charge in [-0.25, -0.2) is 58.3 Å². The van der Waals surface area contributed by atoms with Crippen LogP contribution >= 0.6 is 0 Å². The predicted molar refractivity (Wildman–Crippen MR) is 315 cm³/mol. The number of amides is 2. The lowest BCUT2D eigenvalue weighted by Gasteiger charge is -2.40. The van der Waals surface area contributed by atoms with E-state index in [4.69, 9.17) is 24.2 Å². The van der Waals surface area contributed by atoms with Gasteiger partial charge >= 0.3 is 0 Å². The van der Waals surface area contributed by atoms with Gasteiger partial charge in [0.05, 0.1) is 37.0 Å². The number of imidazole rings is 1. The van der Waals surface area contributed by atoms with Crippen LogP contribution in [0.3, 0.4) is 0 Å². The second-order valence-electron chi connectivity index (χ2n) is 20.6. The summed E-state index contributed by atoms with van der Waals surface area (Å²) >= 11 is 0. The Labute approximate surface area is 484 Å². The second-order valence-corrected chi connectivity index (χ2v) is 20.6. The Hall–Kier alpha value is -10.5. The van der Waals surface area contributed by atoms with Crippen molar-refractivity contribution in [1.29, 1.82) is 0 Å². The smallest absolute Gasteiger partial charge is 0.246 e. The Bertz CT molecular complexity index is 4290. The summed E-state index contributed by atoms with van der Waals surface area (Å²) < 4.78 is 52.0. The molecule has 6 aromatic heterocycles. The first kappa shape index (κ1) is 55.0. The van der Waals surface area contributed by atoms with Crippen LogP contribution < -0.4 is 34.6 Å². The highest BCUT2D eigenvalue weighted by atomic mass is 19.1. The number of methoxy groups -OCH3 is 1. The number of carbonyl (C=O) groups is 2. The van der Waals surface area contributed by atoms with E-state index in [1.807, 2.05) is 55.7 Å². The second kappa shape index (κ2) is 23.0. The Kier molecular flexibility index (Phi) is 14.9. The molecule has 4 aromatic carbocycles. The Morgan fingerprint density at radius 1 is 0.706 bits per heavy atom. The van der Waals surface area contributed by atoms with Crippen molar-refractivity contribution < 1.29 is 32.6 Å². The third-order valence-corrected chi connectivity index (χ3v) is 15.1. The molecule has 10 aromatic rings. The van der Waals surface area contributed by atoms with E-state index in [0.29, 0.717) is 125 Å². The van der Waals surface area contributed by atoms with E-state index in [9.17, 15) is 14.0 Å². The maximum Gasteiger partial charge on any atom is 0.246 e. The van der Waals surface area contributed by atoms with Gasteiger partial charge in [0.25, 0.3) is 0 Å². The highest BCUT2D eigenvalue weighted by molar-refractivity contribution is 5.91. The van der Waals surface area contributed by atoms with Crippen molar-refractivity contribution in [3.8, 4) is 28.7 Å². The van der Waals surface area contributed by atoms with Crippen LogP contribution in [0.2, 0.25) is 0 Å². The molecule has 12 rings (SSSR count). The van der Waals surface area contributed by atoms with Crippen LogP contribution in [-0.2, 0) is 23.2 Å². The summed E-state index contributed by atoms with van der Waals surface area (Å²) in [6.07, 6.45) is 13.0. The van der Waals surface area contributed by atoms with Crippen molar-refractivity contribution in [2.24, 2.45) is 7.05 Å². The van der Waals surface area contributed by atoms with Crippen molar-refractivity contribution in [1.82, 2.24) is 74.2 Å². The van der Waals surface area contributed by atoms with E-state index < -0.39 is 11.6 Å². The number of benzene rings is 4. The van der Waals surface area contributed by atoms with Gasteiger partial charge in [0.1, 0.15) is 80.0 Å². The van der Waals surface area contributed by atoms with Gasteiger partial charge in [-0.2, -0.15) is 0 Å². The normalized spacial score (nSPS) is 15.6. The van der Waals surface area contributed by atoms with Gasteiger partial charge in [-0.3, -0.25) is 9.59 Å². The third kappa shape index (κ3) is 11.0. The van der Waals surface area contributed by atoms with Crippen LogP contribution in [0.1, 0.15) is 31.4 Å². The monoisotopic (exact) mass is 1150 g/mol. The molecule has 85 heavy (non-hydrogen) atoms. The standard InChI is InChI=1S/C59H57F2N19O5/c1-8-37-29-77(16-18-80(37)50(81)9-2)59-63-26-45-52(71-59)56(66-30-64-45)69-36-12-13-47(33(3)19-36)84-38-22-41(61)55-43(23-38)68-32-78(55)14-10-11-51(82)79-17-15-76(28-35(79)5)58-62-27-46-53(72-58)57(67-31-65-46)70-42-20-34(4)48(25-49(42)83-7)85-39-21-40(60)54-44(24-39)73-74-75(54)6/h9-13,19-27,30-32,35,37H,2,8,14-18,28-29H2,1,3-7H3,(H,64,66,69)(H,65,67,70)/b11-10+/t35-,37-/m1/s1. The Balaban J connectivity index is 0.662. The fourth-order valence-corrected chi connectivity index (χ4v) is 10.7. The minimum absolute atomic E-state index is 0.00414. The number of allylic oxidation sites excluding steroid dienone is 1. The number of nitrogens with one attached hydrogen (secondary N) is 2. The van der Waals surface area contributed by atoms with Crippen molar-refractivity contribution in [2.45, 2.75) is 52.7 Å². The average molecular weight is 1150 g/mol. The molecule has 0 aliphatic carbocycles. The highest BCUT2D eigenvalue weighted by Gasteiger charge is 2.31. The summed E-state index contributed by atoms with van der Waals surface area (Å²) in [6, 6.07) is 14.7. The molecule has 2 amide bonds. The van der Waals surface area contributed by atoms with Gasteiger partial charge in [0, 0.05) is 107 Å². The molecule has 0 spiro atoms. The Morgan fingerprint density at radius 3 is 2.02 bits per heavy atom.